The minimum atomic E-state index is -0.322. The van der Waals surface area contributed by atoms with E-state index in [1.54, 1.807) is 0 Å². The van der Waals surface area contributed by atoms with Crippen molar-refractivity contribution in [3.05, 3.63) is 21.7 Å². The summed E-state index contributed by atoms with van der Waals surface area (Å²) in [6.45, 7) is 0.649. The molecule has 1 saturated carbocycles. The maximum absolute atomic E-state index is 11.4. The molecule has 0 aliphatic heterocycles. The molecule has 3 N–H and O–H groups in total. The highest BCUT2D eigenvalue weighted by atomic mass is 35.5. The second-order valence-corrected chi connectivity index (χ2v) is 4.91. The van der Waals surface area contributed by atoms with Crippen molar-refractivity contribution in [1.82, 2.24) is 9.97 Å². The number of thiocarbonyl (C=S) groups is 1. The number of halogens is 1. The number of nitrogens with one attached hydrogen (secondary N) is 1. The Morgan fingerprint density at radius 3 is 3.00 bits per heavy atom. The van der Waals surface area contributed by atoms with Crippen LogP contribution in [0.25, 0.3) is 0 Å². The Bertz CT molecular complexity index is 485. The molecule has 1 fully saturated rings. The van der Waals surface area contributed by atoms with Crippen LogP contribution >= 0.6 is 23.8 Å². The standard InChI is InChI=1S/C10H13ClN4OS/c11-8-9(13-5-14-10(8)16)15(6-1-2-6)4-3-7(12)17/h5-6H,1-4H2,(H2,12,17)(H,13,14,16). The first kappa shape index (κ1) is 12.3. The number of hydrogen-bond acceptors (Lipinski definition) is 4. The number of nitrogens with two attached hydrogens (primary N) is 1. The Balaban J connectivity index is 2.23. The monoisotopic (exact) mass is 272 g/mol. The van der Waals surface area contributed by atoms with Crippen molar-refractivity contribution in [3.8, 4) is 0 Å². The van der Waals surface area contributed by atoms with Gasteiger partial charge in [0.25, 0.3) is 5.56 Å². The van der Waals surface area contributed by atoms with Gasteiger partial charge in [0.2, 0.25) is 0 Å². The predicted octanol–water partition coefficient (Wildman–Crippen LogP) is 1.07. The summed E-state index contributed by atoms with van der Waals surface area (Å²) in [7, 11) is 0. The quantitative estimate of drug-likeness (QED) is 0.784. The highest BCUT2D eigenvalue weighted by Crippen LogP contribution is 2.32. The fraction of sp³-hybridized carbons (Fsp3) is 0.500. The molecule has 0 unspecified atom stereocenters. The third-order valence-electron chi connectivity index (χ3n) is 2.64. The molecule has 0 atom stereocenters. The second-order valence-electron chi connectivity index (χ2n) is 4.01. The summed E-state index contributed by atoms with van der Waals surface area (Å²) in [6.07, 6.45) is 4.13. The maximum Gasteiger partial charge on any atom is 0.271 e. The Morgan fingerprint density at radius 2 is 2.41 bits per heavy atom. The van der Waals surface area contributed by atoms with Gasteiger partial charge in [-0.05, 0) is 12.8 Å². The van der Waals surface area contributed by atoms with Gasteiger partial charge in [-0.15, -0.1) is 0 Å². The second kappa shape index (κ2) is 5.01. The summed E-state index contributed by atoms with van der Waals surface area (Å²) < 4.78 is 0. The van der Waals surface area contributed by atoms with Crippen LogP contribution in [0.4, 0.5) is 5.82 Å². The normalized spacial score (nSPS) is 14.6. The lowest BCUT2D eigenvalue weighted by molar-refractivity contribution is 0.781. The summed E-state index contributed by atoms with van der Waals surface area (Å²) in [6, 6.07) is 0.399. The lowest BCUT2D eigenvalue weighted by atomic mass is 10.3. The fourth-order valence-corrected chi connectivity index (χ4v) is 1.96. The average Bonchev–Trinajstić information content (AvgIpc) is 3.08. The maximum atomic E-state index is 11.4. The van der Waals surface area contributed by atoms with Crippen molar-refractivity contribution in [3.63, 3.8) is 0 Å². The van der Waals surface area contributed by atoms with Gasteiger partial charge >= 0.3 is 0 Å². The molecule has 2 rings (SSSR count). The molecule has 5 nitrogen and oxygen atoms in total. The van der Waals surface area contributed by atoms with Gasteiger partial charge in [0.05, 0.1) is 11.3 Å². The van der Waals surface area contributed by atoms with Gasteiger partial charge in [0.1, 0.15) is 5.02 Å². The smallest absolute Gasteiger partial charge is 0.271 e. The molecular weight excluding hydrogens is 260 g/mol. The molecule has 0 bridgehead atoms. The molecule has 92 valence electrons. The first-order chi connectivity index (χ1) is 8.09. The fourth-order valence-electron chi connectivity index (χ4n) is 1.65. The molecule has 1 heterocycles. The molecule has 0 spiro atoms. The highest BCUT2D eigenvalue weighted by Gasteiger charge is 2.31. The predicted molar refractivity (Wildman–Crippen MR) is 71.6 cm³/mol. The largest absolute Gasteiger partial charge is 0.393 e. The average molecular weight is 273 g/mol. The number of hydrogen-bond donors (Lipinski definition) is 2. The number of aromatic amines is 1. The molecule has 1 aliphatic carbocycles. The molecule has 1 aliphatic rings. The van der Waals surface area contributed by atoms with Crippen LogP contribution in [0, 0.1) is 0 Å². The molecule has 7 heteroatoms. The SMILES string of the molecule is NC(=S)CCN(c1nc[nH]c(=O)c1Cl)C1CC1. The summed E-state index contributed by atoms with van der Waals surface area (Å²) in [5.41, 5.74) is 5.17. The van der Waals surface area contributed by atoms with E-state index < -0.39 is 0 Å². The minimum Gasteiger partial charge on any atom is -0.393 e. The summed E-state index contributed by atoms with van der Waals surface area (Å²) >= 11 is 10.8. The Kier molecular flexibility index (Phi) is 3.63. The topological polar surface area (TPSA) is 75.0 Å². The van der Waals surface area contributed by atoms with Crippen LogP contribution in [-0.4, -0.2) is 27.5 Å². The van der Waals surface area contributed by atoms with Crippen molar-refractivity contribution >= 4 is 34.6 Å². The van der Waals surface area contributed by atoms with E-state index >= 15 is 0 Å². The zero-order valence-electron chi connectivity index (χ0n) is 9.15. The van der Waals surface area contributed by atoms with Crippen molar-refractivity contribution in [2.24, 2.45) is 5.73 Å². The molecule has 17 heavy (non-hydrogen) atoms. The van der Waals surface area contributed by atoms with Crippen molar-refractivity contribution < 1.29 is 0 Å². The molecule has 1 aromatic heterocycles. The van der Waals surface area contributed by atoms with Gasteiger partial charge in [0, 0.05) is 19.0 Å². The van der Waals surface area contributed by atoms with Crippen LogP contribution in [0.2, 0.25) is 5.02 Å². The lowest BCUT2D eigenvalue weighted by Crippen LogP contribution is -2.31. The molecule has 0 amide bonds. The number of nitrogens with zero attached hydrogens (tertiary/aromatic N) is 2. The molecule has 0 radical (unpaired) electrons. The van der Waals surface area contributed by atoms with Crippen molar-refractivity contribution in [1.29, 1.82) is 0 Å². The van der Waals surface area contributed by atoms with Crippen LogP contribution in [-0.2, 0) is 0 Å². The van der Waals surface area contributed by atoms with Gasteiger partial charge in [-0.3, -0.25) is 4.79 Å². The number of rotatable bonds is 5. The van der Waals surface area contributed by atoms with Crippen molar-refractivity contribution in [2.45, 2.75) is 25.3 Å². The third-order valence-corrected chi connectivity index (χ3v) is 3.18. The first-order valence-electron chi connectivity index (χ1n) is 5.37. The van der Waals surface area contributed by atoms with Crippen LogP contribution in [0.15, 0.2) is 11.1 Å². The molecule has 1 aromatic rings. The van der Waals surface area contributed by atoms with Gasteiger partial charge < -0.3 is 15.6 Å². The Morgan fingerprint density at radius 1 is 1.71 bits per heavy atom. The highest BCUT2D eigenvalue weighted by molar-refractivity contribution is 7.80. The van der Waals surface area contributed by atoms with Gasteiger partial charge in [0.15, 0.2) is 5.82 Å². The molecule has 0 aromatic carbocycles. The van der Waals surface area contributed by atoms with Gasteiger partial charge in [-0.25, -0.2) is 4.98 Å². The van der Waals surface area contributed by atoms with E-state index in [1.165, 1.54) is 6.33 Å². The van der Waals surface area contributed by atoms with Gasteiger partial charge in [-0.2, -0.15) is 0 Å². The van der Waals surface area contributed by atoms with Gasteiger partial charge in [-0.1, -0.05) is 23.8 Å². The number of aromatic nitrogens is 2. The van der Waals surface area contributed by atoms with E-state index in [2.05, 4.69) is 9.97 Å². The Hall–Kier alpha value is -1.14. The lowest BCUT2D eigenvalue weighted by Gasteiger charge is -2.23. The van der Waals surface area contributed by atoms with E-state index in [9.17, 15) is 4.79 Å². The van der Waals surface area contributed by atoms with Crippen LogP contribution in [0.5, 0.6) is 0 Å². The molecule has 0 saturated heterocycles. The zero-order chi connectivity index (χ0) is 12.4. The summed E-state index contributed by atoms with van der Waals surface area (Å²) in [5, 5.41) is 0.127. The number of H-pyrrole nitrogens is 1. The van der Waals surface area contributed by atoms with E-state index in [0.717, 1.165) is 12.8 Å². The van der Waals surface area contributed by atoms with E-state index in [1.807, 2.05) is 4.90 Å². The van der Waals surface area contributed by atoms with Crippen LogP contribution in [0.1, 0.15) is 19.3 Å². The van der Waals surface area contributed by atoms with E-state index in [-0.39, 0.29) is 10.6 Å². The summed E-state index contributed by atoms with van der Waals surface area (Å²) in [5.74, 6) is 0.522. The summed E-state index contributed by atoms with van der Waals surface area (Å²) in [4.78, 5) is 20.5. The third kappa shape index (κ3) is 2.95. The zero-order valence-corrected chi connectivity index (χ0v) is 10.7. The number of anilines is 1. The molecular formula is C10H13ClN4OS. The minimum absolute atomic E-state index is 0.127. The van der Waals surface area contributed by atoms with E-state index in [0.29, 0.717) is 29.8 Å². The van der Waals surface area contributed by atoms with Crippen LogP contribution < -0.4 is 16.2 Å². The van der Waals surface area contributed by atoms with Crippen molar-refractivity contribution in [2.75, 3.05) is 11.4 Å². The van der Waals surface area contributed by atoms with Crippen LogP contribution in [0.3, 0.4) is 0 Å². The Labute approximate surface area is 109 Å². The first-order valence-corrected chi connectivity index (χ1v) is 6.16. The van der Waals surface area contributed by atoms with E-state index in [4.69, 9.17) is 29.6 Å².